The number of amidine groups is 1. The van der Waals surface area contributed by atoms with Crippen molar-refractivity contribution in [1.82, 2.24) is 0 Å². The van der Waals surface area contributed by atoms with Crippen molar-refractivity contribution in [2.24, 2.45) is 10.7 Å². The summed E-state index contributed by atoms with van der Waals surface area (Å²) in [5.41, 5.74) is 7.78. The minimum absolute atomic E-state index is 0.505. The predicted octanol–water partition coefficient (Wildman–Crippen LogP) is 2.87. The van der Waals surface area contributed by atoms with E-state index in [0.29, 0.717) is 5.84 Å². The lowest BCUT2D eigenvalue weighted by Gasteiger charge is -1.98. The third-order valence-electron chi connectivity index (χ3n) is 1.58. The summed E-state index contributed by atoms with van der Waals surface area (Å²) in [5, 5.41) is 0. The molecule has 2 N–H and O–H groups in total. The fourth-order valence-electron chi connectivity index (χ4n) is 0.897. The summed E-state index contributed by atoms with van der Waals surface area (Å²) in [7, 11) is 0. The molecule has 0 saturated heterocycles. The molecule has 0 heterocycles. The average molecular weight is 190 g/mol. The Hall–Kier alpha value is -1.57. The zero-order valence-corrected chi connectivity index (χ0v) is 9.12. The van der Waals surface area contributed by atoms with Gasteiger partial charge in [-0.2, -0.15) is 0 Å². The van der Waals surface area contributed by atoms with Crippen LogP contribution < -0.4 is 5.73 Å². The first-order valence-corrected chi connectivity index (χ1v) is 4.75. The third kappa shape index (κ3) is 3.90. The second-order valence-corrected chi connectivity index (χ2v) is 2.56. The van der Waals surface area contributed by atoms with Crippen molar-refractivity contribution >= 4 is 5.84 Å². The van der Waals surface area contributed by atoms with Crippen LogP contribution >= 0.6 is 0 Å². The van der Waals surface area contributed by atoms with Crippen molar-refractivity contribution in [3.63, 3.8) is 0 Å². The topological polar surface area (TPSA) is 38.4 Å². The molecule has 2 nitrogen and oxygen atoms in total. The molecule has 0 bridgehead atoms. The molecule has 76 valence electrons. The predicted molar refractivity (Wildman–Crippen MR) is 63.4 cm³/mol. The van der Waals surface area contributed by atoms with E-state index < -0.39 is 0 Å². The van der Waals surface area contributed by atoms with Crippen LogP contribution in [0, 0.1) is 6.92 Å². The van der Waals surface area contributed by atoms with Gasteiger partial charge in [-0.15, -0.1) is 0 Å². The van der Waals surface area contributed by atoms with Crippen molar-refractivity contribution in [3.8, 4) is 0 Å². The Labute approximate surface area is 86.2 Å². The SMILES string of the molecule is C=CN=C(N)c1ccc(C)cc1.CC. The molecule has 1 aromatic carbocycles. The number of aryl methyl sites for hydroxylation is 1. The first kappa shape index (κ1) is 12.4. The monoisotopic (exact) mass is 190 g/mol. The van der Waals surface area contributed by atoms with E-state index in [4.69, 9.17) is 5.73 Å². The van der Waals surface area contributed by atoms with Gasteiger partial charge in [0.25, 0.3) is 0 Å². The molecule has 0 aromatic heterocycles. The van der Waals surface area contributed by atoms with E-state index in [1.165, 1.54) is 11.8 Å². The Bertz CT molecular complexity index is 297. The smallest absolute Gasteiger partial charge is 0.130 e. The lowest BCUT2D eigenvalue weighted by molar-refractivity contribution is 1.43. The number of benzene rings is 1. The molecule has 0 atom stereocenters. The molecule has 2 heteroatoms. The van der Waals surface area contributed by atoms with Gasteiger partial charge in [0.15, 0.2) is 0 Å². The summed E-state index contributed by atoms with van der Waals surface area (Å²) in [4.78, 5) is 3.88. The van der Waals surface area contributed by atoms with Gasteiger partial charge in [0, 0.05) is 11.8 Å². The van der Waals surface area contributed by atoms with Gasteiger partial charge < -0.3 is 5.73 Å². The second-order valence-electron chi connectivity index (χ2n) is 2.56. The van der Waals surface area contributed by atoms with E-state index >= 15 is 0 Å². The molecule has 0 unspecified atom stereocenters. The number of nitrogens with two attached hydrogens (primary N) is 1. The van der Waals surface area contributed by atoms with Crippen LogP contribution in [0.5, 0.6) is 0 Å². The maximum absolute atomic E-state index is 5.63. The molecule has 0 aliphatic carbocycles. The second kappa shape index (κ2) is 6.89. The molecule has 1 rings (SSSR count). The van der Waals surface area contributed by atoms with E-state index in [-0.39, 0.29) is 0 Å². The van der Waals surface area contributed by atoms with Crippen molar-refractivity contribution in [1.29, 1.82) is 0 Å². The van der Waals surface area contributed by atoms with Crippen molar-refractivity contribution in [2.75, 3.05) is 0 Å². The fourth-order valence-corrected chi connectivity index (χ4v) is 0.897. The van der Waals surface area contributed by atoms with Crippen molar-refractivity contribution in [2.45, 2.75) is 20.8 Å². The molecule has 0 saturated carbocycles. The van der Waals surface area contributed by atoms with E-state index in [1.807, 2.05) is 45.0 Å². The third-order valence-corrected chi connectivity index (χ3v) is 1.58. The number of hydrogen-bond acceptors (Lipinski definition) is 1. The molecular weight excluding hydrogens is 172 g/mol. The number of hydrogen-bond donors (Lipinski definition) is 1. The van der Waals surface area contributed by atoms with Gasteiger partial charge in [0.1, 0.15) is 5.84 Å². The largest absolute Gasteiger partial charge is 0.383 e. The van der Waals surface area contributed by atoms with Crippen LogP contribution in [0.15, 0.2) is 42.0 Å². The number of nitrogens with zero attached hydrogens (tertiary/aromatic N) is 1. The van der Waals surface area contributed by atoms with Crippen LogP contribution in [0.3, 0.4) is 0 Å². The number of rotatable bonds is 2. The van der Waals surface area contributed by atoms with Crippen LogP contribution in [0.2, 0.25) is 0 Å². The summed E-state index contributed by atoms with van der Waals surface area (Å²) in [5.74, 6) is 0.505. The van der Waals surface area contributed by atoms with Gasteiger partial charge in [-0.3, -0.25) is 0 Å². The van der Waals surface area contributed by atoms with Crippen LogP contribution in [-0.4, -0.2) is 5.84 Å². The van der Waals surface area contributed by atoms with E-state index in [2.05, 4.69) is 11.6 Å². The minimum atomic E-state index is 0.505. The Morgan fingerprint density at radius 3 is 2.21 bits per heavy atom. The highest BCUT2D eigenvalue weighted by Crippen LogP contribution is 2.02. The highest BCUT2D eigenvalue weighted by atomic mass is 14.8. The van der Waals surface area contributed by atoms with E-state index in [9.17, 15) is 0 Å². The summed E-state index contributed by atoms with van der Waals surface area (Å²) >= 11 is 0. The maximum atomic E-state index is 5.63. The van der Waals surface area contributed by atoms with Gasteiger partial charge in [0.05, 0.1) is 0 Å². The Balaban J connectivity index is 0.000000791. The van der Waals surface area contributed by atoms with Crippen LogP contribution in [0.4, 0.5) is 0 Å². The Kier molecular flexibility index (Phi) is 6.12. The molecule has 0 fully saturated rings. The van der Waals surface area contributed by atoms with Crippen LogP contribution in [0.25, 0.3) is 0 Å². The zero-order chi connectivity index (χ0) is 11.0. The lowest BCUT2D eigenvalue weighted by Crippen LogP contribution is -2.12. The Morgan fingerprint density at radius 1 is 1.29 bits per heavy atom. The Morgan fingerprint density at radius 2 is 1.79 bits per heavy atom. The van der Waals surface area contributed by atoms with Gasteiger partial charge in [0.2, 0.25) is 0 Å². The standard InChI is InChI=1S/C10H12N2.C2H6/c1-3-12-10(11)9-6-4-8(2)5-7-9;1-2/h3-7H,1H2,2H3,(H2,11,12);1-2H3. The first-order chi connectivity index (χ1) is 6.74. The summed E-state index contributed by atoms with van der Waals surface area (Å²) in [6.45, 7) is 9.51. The normalized spacial score (nSPS) is 10.1. The molecule has 1 aromatic rings. The molecule has 0 aliphatic heterocycles. The van der Waals surface area contributed by atoms with Gasteiger partial charge in [-0.05, 0) is 6.92 Å². The van der Waals surface area contributed by atoms with Gasteiger partial charge in [-0.25, -0.2) is 4.99 Å². The molecule has 0 spiro atoms. The van der Waals surface area contributed by atoms with E-state index in [0.717, 1.165) is 5.56 Å². The highest BCUT2D eigenvalue weighted by molar-refractivity contribution is 5.97. The van der Waals surface area contributed by atoms with Crippen LogP contribution in [0.1, 0.15) is 25.0 Å². The highest BCUT2D eigenvalue weighted by Gasteiger charge is 1.94. The maximum Gasteiger partial charge on any atom is 0.130 e. The molecular formula is C12H18N2. The fraction of sp³-hybridized carbons (Fsp3) is 0.250. The zero-order valence-electron chi connectivity index (χ0n) is 9.12. The average Bonchev–Trinajstić information content (AvgIpc) is 2.22. The lowest BCUT2D eigenvalue weighted by atomic mass is 10.1. The minimum Gasteiger partial charge on any atom is -0.383 e. The van der Waals surface area contributed by atoms with Gasteiger partial charge >= 0.3 is 0 Å². The summed E-state index contributed by atoms with van der Waals surface area (Å²) < 4.78 is 0. The summed E-state index contributed by atoms with van der Waals surface area (Å²) in [6, 6.07) is 7.89. The molecule has 0 aliphatic rings. The molecule has 14 heavy (non-hydrogen) atoms. The van der Waals surface area contributed by atoms with Crippen molar-refractivity contribution < 1.29 is 0 Å². The first-order valence-electron chi connectivity index (χ1n) is 4.75. The van der Waals surface area contributed by atoms with E-state index in [1.54, 1.807) is 0 Å². The molecule has 0 amide bonds. The number of aliphatic imine (C=N–C) groups is 1. The quantitative estimate of drug-likeness (QED) is 0.565. The van der Waals surface area contributed by atoms with Gasteiger partial charge in [-0.1, -0.05) is 50.3 Å². The summed E-state index contributed by atoms with van der Waals surface area (Å²) in [6.07, 6.45) is 1.44. The van der Waals surface area contributed by atoms with Crippen LogP contribution in [-0.2, 0) is 0 Å². The molecule has 0 radical (unpaired) electrons. The van der Waals surface area contributed by atoms with Crippen molar-refractivity contribution in [3.05, 3.63) is 48.2 Å².